The van der Waals surface area contributed by atoms with Crippen LogP contribution in [0.25, 0.3) is 11.2 Å². The van der Waals surface area contributed by atoms with E-state index in [0.29, 0.717) is 0 Å². The van der Waals surface area contributed by atoms with Crippen LogP contribution in [0.3, 0.4) is 0 Å². The number of nitrogens with two attached hydrogens (primary N) is 2. The first-order valence-corrected chi connectivity index (χ1v) is 10.9. The van der Waals surface area contributed by atoms with Crippen molar-refractivity contribution in [2.45, 2.75) is 12.6 Å². The van der Waals surface area contributed by atoms with Crippen LogP contribution >= 0.6 is 7.60 Å². The molecule has 1 aromatic carbocycles. The number of anilines is 2. The second kappa shape index (κ2) is 9.28. The lowest BCUT2D eigenvalue weighted by molar-refractivity contribution is 0.0589. The summed E-state index contributed by atoms with van der Waals surface area (Å²) in [6, 6.07) is 5.62. The van der Waals surface area contributed by atoms with E-state index in [1.54, 1.807) is 0 Å². The summed E-state index contributed by atoms with van der Waals surface area (Å²) in [6.45, 7) is -0.240. The molecule has 0 saturated carbocycles. The highest BCUT2D eigenvalue weighted by atomic mass is 31.2. The van der Waals surface area contributed by atoms with Crippen LogP contribution in [-0.2, 0) is 15.8 Å². The molecule has 32 heavy (non-hydrogen) atoms. The van der Waals surface area contributed by atoms with Crippen molar-refractivity contribution in [3.8, 4) is 0 Å². The number of imidazole rings is 1. The fourth-order valence-electron chi connectivity index (χ4n) is 2.88. The predicted molar refractivity (Wildman–Crippen MR) is 112 cm³/mol. The maximum Gasteiger partial charge on any atom is 0.350 e. The van der Waals surface area contributed by atoms with Gasteiger partial charge in [-0.15, -0.1) is 0 Å². The smallest absolute Gasteiger partial charge is 0.350 e. The van der Waals surface area contributed by atoms with E-state index in [2.05, 4.69) is 20.3 Å². The zero-order valence-electron chi connectivity index (χ0n) is 16.5. The Balaban J connectivity index is 1.80. The molecule has 8 N–H and O–H groups in total. The Morgan fingerprint density at radius 3 is 2.53 bits per heavy atom. The number of ether oxygens (including phenoxy) is 1. The third kappa shape index (κ3) is 5.56. The molecule has 0 saturated heterocycles. The van der Waals surface area contributed by atoms with E-state index in [1.165, 1.54) is 35.2 Å². The molecular formula is C17H20N7O7P. The van der Waals surface area contributed by atoms with Gasteiger partial charge in [-0.25, -0.2) is 9.78 Å². The number of rotatable bonds is 9. The van der Waals surface area contributed by atoms with Crippen molar-refractivity contribution in [1.82, 2.24) is 24.8 Å². The number of aromatic nitrogens is 4. The summed E-state index contributed by atoms with van der Waals surface area (Å²) in [5.41, 5.74) is 11.7. The van der Waals surface area contributed by atoms with Crippen LogP contribution in [0.5, 0.6) is 0 Å². The van der Waals surface area contributed by atoms with Crippen molar-refractivity contribution < 1.29 is 33.8 Å². The second-order valence-electron chi connectivity index (χ2n) is 6.68. The lowest BCUT2D eigenvalue weighted by Crippen LogP contribution is -2.37. The highest BCUT2D eigenvalue weighted by molar-refractivity contribution is 7.51. The number of carboxylic acids is 1. The normalized spacial score (nSPS) is 12.6. The van der Waals surface area contributed by atoms with E-state index in [0.717, 1.165) is 0 Å². The highest BCUT2D eigenvalue weighted by Gasteiger charge is 2.22. The summed E-state index contributed by atoms with van der Waals surface area (Å²) in [5, 5.41) is 11.8. The minimum Gasteiger partial charge on any atom is -0.478 e. The minimum atomic E-state index is -4.50. The van der Waals surface area contributed by atoms with Gasteiger partial charge in [0.2, 0.25) is 5.95 Å². The number of hydrogen-bond acceptors (Lipinski definition) is 9. The van der Waals surface area contributed by atoms with Crippen molar-refractivity contribution in [2.75, 3.05) is 24.4 Å². The van der Waals surface area contributed by atoms with Crippen molar-refractivity contribution in [1.29, 1.82) is 0 Å². The summed E-state index contributed by atoms with van der Waals surface area (Å²) in [5.74, 6) is -2.01. The molecule has 0 spiro atoms. The van der Waals surface area contributed by atoms with Crippen LogP contribution in [-0.4, -0.2) is 65.3 Å². The predicted octanol–water partition coefficient (Wildman–Crippen LogP) is -0.361. The molecule has 2 aromatic heterocycles. The minimum absolute atomic E-state index is 0.0345. The van der Waals surface area contributed by atoms with Gasteiger partial charge in [-0.3, -0.25) is 9.36 Å². The number of amides is 1. The van der Waals surface area contributed by atoms with E-state index in [1.807, 2.05) is 0 Å². The molecular weight excluding hydrogens is 445 g/mol. The number of nitrogen functional groups attached to an aromatic ring is 2. The summed E-state index contributed by atoms with van der Waals surface area (Å²) >= 11 is 0. The number of nitrogens with one attached hydrogen (secondary N) is 1. The van der Waals surface area contributed by atoms with E-state index >= 15 is 0 Å². The molecule has 1 amide bonds. The van der Waals surface area contributed by atoms with Gasteiger partial charge >= 0.3 is 13.6 Å². The molecule has 170 valence electrons. The van der Waals surface area contributed by atoms with Crippen molar-refractivity contribution in [2.24, 2.45) is 0 Å². The maximum atomic E-state index is 12.5. The third-order valence-electron chi connectivity index (χ3n) is 4.28. The molecule has 0 aliphatic rings. The van der Waals surface area contributed by atoms with Crippen LogP contribution in [0.1, 0.15) is 20.7 Å². The van der Waals surface area contributed by atoms with Gasteiger partial charge in [0, 0.05) is 6.54 Å². The van der Waals surface area contributed by atoms with E-state index in [9.17, 15) is 19.3 Å². The van der Waals surface area contributed by atoms with Crippen LogP contribution in [0, 0.1) is 0 Å². The van der Waals surface area contributed by atoms with Gasteiger partial charge in [0.15, 0.2) is 11.5 Å². The van der Waals surface area contributed by atoms with Gasteiger partial charge in [-0.2, -0.15) is 9.97 Å². The molecule has 1 atom stereocenters. The Morgan fingerprint density at radius 2 is 1.88 bits per heavy atom. The molecule has 0 bridgehead atoms. The quantitative estimate of drug-likeness (QED) is 0.223. The molecule has 0 fully saturated rings. The van der Waals surface area contributed by atoms with Crippen LogP contribution in [0.2, 0.25) is 0 Å². The van der Waals surface area contributed by atoms with E-state index in [4.69, 9.17) is 26.0 Å². The zero-order chi connectivity index (χ0) is 23.5. The molecule has 0 aliphatic carbocycles. The monoisotopic (exact) mass is 465 g/mol. The third-order valence-corrected chi connectivity index (χ3v) is 4.76. The van der Waals surface area contributed by atoms with Gasteiger partial charge in [0.1, 0.15) is 11.9 Å². The molecule has 3 rings (SSSR count). The van der Waals surface area contributed by atoms with Gasteiger partial charge < -0.3 is 41.0 Å². The standard InChI is InChI=1S/C17H20N7O7P/c18-13-12-14(23-17(19)22-13)24(7-21-12)6-9(31-8-32(28,29)30)5-20-15(25)10-3-1-2-4-11(10)16(26)27/h1-4,7,9H,5-6,8H2,(H,20,25)(H,26,27)(H2,28,29,30)(H4,18,19,22,23). The van der Waals surface area contributed by atoms with Gasteiger partial charge in [-0.1, -0.05) is 12.1 Å². The Kier molecular flexibility index (Phi) is 6.69. The summed E-state index contributed by atoms with van der Waals surface area (Å²) in [4.78, 5) is 54.1. The maximum absolute atomic E-state index is 12.5. The summed E-state index contributed by atoms with van der Waals surface area (Å²) < 4.78 is 18.0. The average Bonchev–Trinajstić information content (AvgIpc) is 3.11. The fraction of sp³-hybridized carbons (Fsp3) is 0.235. The highest BCUT2D eigenvalue weighted by Crippen LogP contribution is 2.34. The second-order valence-corrected chi connectivity index (χ2v) is 8.27. The first-order chi connectivity index (χ1) is 15.0. The molecule has 15 heteroatoms. The molecule has 3 aromatic rings. The van der Waals surface area contributed by atoms with Gasteiger partial charge in [-0.05, 0) is 12.1 Å². The van der Waals surface area contributed by atoms with Crippen LogP contribution < -0.4 is 16.8 Å². The molecule has 1 unspecified atom stereocenters. The van der Waals surface area contributed by atoms with Crippen molar-refractivity contribution in [3.05, 3.63) is 41.7 Å². The lowest BCUT2D eigenvalue weighted by Gasteiger charge is -2.20. The van der Waals surface area contributed by atoms with Crippen LogP contribution in [0.4, 0.5) is 11.8 Å². The van der Waals surface area contributed by atoms with Crippen molar-refractivity contribution in [3.63, 3.8) is 0 Å². The Labute approximate surface area is 180 Å². The number of benzene rings is 1. The summed E-state index contributed by atoms with van der Waals surface area (Å²) in [6.07, 6.45) is -0.478. The van der Waals surface area contributed by atoms with Gasteiger partial charge in [0.05, 0.1) is 30.1 Å². The topological polar surface area (TPSA) is 229 Å². The zero-order valence-corrected chi connectivity index (χ0v) is 17.3. The summed E-state index contributed by atoms with van der Waals surface area (Å²) in [7, 11) is -4.50. The largest absolute Gasteiger partial charge is 0.478 e. The molecule has 14 nitrogen and oxygen atoms in total. The van der Waals surface area contributed by atoms with E-state index < -0.39 is 31.9 Å². The van der Waals surface area contributed by atoms with Crippen molar-refractivity contribution >= 4 is 42.4 Å². The number of carbonyl (C=O) groups excluding carboxylic acids is 1. The SMILES string of the molecule is Nc1nc(N)c2ncn(CC(CNC(=O)c3ccccc3C(=O)O)OCP(=O)(O)O)c2n1. The molecule has 2 heterocycles. The number of aromatic carboxylic acids is 1. The Bertz CT molecular complexity index is 1210. The Hall–Kier alpha value is -3.58. The first kappa shape index (κ1) is 23.1. The van der Waals surface area contributed by atoms with E-state index in [-0.39, 0.29) is 47.1 Å². The Morgan fingerprint density at radius 1 is 1.19 bits per heavy atom. The number of carboxylic acid groups (broad SMARTS) is 1. The molecule has 0 radical (unpaired) electrons. The van der Waals surface area contributed by atoms with Crippen LogP contribution in [0.15, 0.2) is 30.6 Å². The fourth-order valence-corrected chi connectivity index (χ4v) is 3.29. The number of carbonyl (C=O) groups is 2. The lowest BCUT2D eigenvalue weighted by atomic mass is 10.1. The number of fused-ring (bicyclic) bond motifs is 1. The number of hydrogen-bond donors (Lipinski definition) is 6. The molecule has 0 aliphatic heterocycles. The number of nitrogens with zero attached hydrogens (tertiary/aromatic N) is 4. The van der Waals surface area contributed by atoms with Gasteiger partial charge in [0.25, 0.3) is 5.91 Å². The first-order valence-electron chi connectivity index (χ1n) is 9.05. The average molecular weight is 465 g/mol.